The summed E-state index contributed by atoms with van der Waals surface area (Å²) < 4.78 is 0. The van der Waals surface area contributed by atoms with Crippen LogP contribution in [0.1, 0.15) is 27.2 Å². The molecule has 2 heterocycles. The fraction of sp³-hybridized carbons (Fsp3) is 0.182. The van der Waals surface area contributed by atoms with Gasteiger partial charge >= 0.3 is 0 Å². The van der Waals surface area contributed by atoms with Gasteiger partial charge in [-0.2, -0.15) is 0 Å². The largest absolute Gasteiger partial charge is 0.358 e. The van der Waals surface area contributed by atoms with Gasteiger partial charge in [-0.25, -0.2) is 0 Å². The summed E-state index contributed by atoms with van der Waals surface area (Å²) in [6.45, 7) is 4.79. The minimum Gasteiger partial charge on any atom is -0.358 e. The number of para-hydroxylation sites is 1. The highest BCUT2D eigenvalue weighted by atomic mass is 16.1. The van der Waals surface area contributed by atoms with Gasteiger partial charge in [0, 0.05) is 40.3 Å². The van der Waals surface area contributed by atoms with E-state index in [1.165, 1.54) is 22.0 Å². The number of amides is 1. The SMILES string of the molecule is Cc1[nH]c2c(C)cccc2c1CCNC(=O)c1cccc2ncccc12. The number of carbonyl (C=O) groups excluding carboxylic acids is 1. The van der Waals surface area contributed by atoms with Crippen LogP contribution in [-0.2, 0) is 6.42 Å². The third-order valence-electron chi connectivity index (χ3n) is 4.91. The molecule has 1 amide bonds. The van der Waals surface area contributed by atoms with Crippen molar-refractivity contribution in [3.05, 3.63) is 77.1 Å². The van der Waals surface area contributed by atoms with Crippen LogP contribution in [-0.4, -0.2) is 22.4 Å². The van der Waals surface area contributed by atoms with E-state index >= 15 is 0 Å². The van der Waals surface area contributed by atoms with Crippen molar-refractivity contribution in [1.82, 2.24) is 15.3 Å². The van der Waals surface area contributed by atoms with Gasteiger partial charge in [0.2, 0.25) is 0 Å². The minimum absolute atomic E-state index is 0.0581. The maximum absolute atomic E-state index is 12.6. The van der Waals surface area contributed by atoms with Gasteiger partial charge < -0.3 is 10.3 Å². The Morgan fingerprint density at radius 2 is 1.85 bits per heavy atom. The molecule has 0 unspecified atom stereocenters. The van der Waals surface area contributed by atoms with Gasteiger partial charge in [0.1, 0.15) is 0 Å². The molecular weight excluding hydrogens is 322 g/mol. The molecule has 0 spiro atoms. The Hall–Kier alpha value is -3.14. The minimum atomic E-state index is -0.0581. The zero-order chi connectivity index (χ0) is 18.1. The number of hydrogen-bond donors (Lipinski definition) is 2. The van der Waals surface area contributed by atoms with E-state index < -0.39 is 0 Å². The Morgan fingerprint density at radius 1 is 1.04 bits per heavy atom. The molecule has 0 bridgehead atoms. The highest BCUT2D eigenvalue weighted by Crippen LogP contribution is 2.25. The van der Waals surface area contributed by atoms with E-state index in [2.05, 4.69) is 47.3 Å². The highest BCUT2D eigenvalue weighted by molar-refractivity contribution is 6.06. The van der Waals surface area contributed by atoms with E-state index in [0.717, 1.165) is 23.0 Å². The summed E-state index contributed by atoms with van der Waals surface area (Å²) in [5, 5.41) is 5.18. The molecule has 4 nitrogen and oxygen atoms in total. The van der Waals surface area contributed by atoms with Gasteiger partial charge in [0.25, 0.3) is 5.91 Å². The summed E-state index contributed by atoms with van der Waals surface area (Å²) in [6.07, 6.45) is 2.54. The maximum atomic E-state index is 12.6. The first-order valence-electron chi connectivity index (χ1n) is 8.84. The number of benzene rings is 2. The summed E-state index contributed by atoms with van der Waals surface area (Å²) in [5.74, 6) is -0.0581. The third-order valence-corrected chi connectivity index (χ3v) is 4.91. The summed E-state index contributed by atoms with van der Waals surface area (Å²) in [4.78, 5) is 20.4. The molecule has 0 fully saturated rings. The van der Waals surface area contributed by atoms with Crippen LogP contribution in [0.2, 0.25) is 0 Å². The van der Waals surface area contributed by atoms with E-state index in [9.17, 15) is 4.79 Å². The average Bonchev–Trinajstić information content (AvgIpc) is 2.98. The molecular formula is C22H21N3O. The number of fused-ring (bicyclic) bond motifs is 2. The fourth-order valence-corrected chi connectivity index (χ4v) is 3.57. The smallest absolute Gasteiger partial charge is 0.251 e. The van der Waals surface area contributed by atoms with Gasteiger partial charge in [-0.05, 0) is 49.6 Å². The number of pyridine rings is 1. The monoisotopic (exact) mass is 343 g/mol. The van der Waals surface area contributed by atoms with Gasteiger partial charge in [0.05, 0.1) is 5.52 Å². The van der Waals surface area contributed by atoms with E-state index in [1.54, 1.807) is 6.20 Å². The number of nitrogens with one attached hydrogen (secondary N) is 2. The quantitative estimate of drug-likeness (QED) is 0.580. The predicted octanol–water partition coefficient (Wildman–Crippen LogP) is 4.31. The first kappa shape index (κ1) is 16.3. The molecule has 130 valence electrons. The number of aryl methyl sites for hydroxylation is 2. The Balaban J connectivity index is 1.52. The number of rotatable bonds is 4. The molecule has 0 saturated heterocycles. The second-order valence-corrected chi connectivity index (χ2v) is 6.61. The van der Waals surface area contributed by atoms with Crippen molar-refractivity contribution in [2.45, 2.75) is 20.3 Å². The van der Waals surface area contributed by atoms with E-state index in [1.807, 2.05) is 30.3 Å². The van der Waals surface area contributed by atoms with Crippen molar-refractivity contribution in [2.24, 2.45) is 0 Å². The average molecular weight is 343 g/mol. The summed E-state index contributed by atoms with van der Waals surface area (Å²) >= 11 is 0. The fourth-order valence-electron chi connectivity index (χ4n) is 3.57. The summed E-state index contributed by atoms with van der Waals surface area (Å²) in [7, 11) is 0. The topological polar surface area (TPSA) is 57.8 Å². The predicted molar refractivity (Wildman–Crippen MR) is 106 cm³/mol. The first-order valence-corrected chi connectivity index (χ1v) is 8.84. The zero-order valence-electron chi connectivity index (χ0n) is 15.0. The first-order chi connectivity index (χ1) is 12.6. The molecule has 2 aromatic heterocycles. The second-order valence-electron chi connectivity index (χ2n) is 6.61. The van der Waals surface area contributed by atoms with Gasteiger partial charge in [-0.15, -0.1) is 0 Å². The zero-order valence-corrected chi connectivity index (χ0v) is 15.0. The van der Waals surface area contributed by atoms with Gasteiger partial charge in [-0.1, -0.05) is 30.3 Å². The lowest BCUT2D eigenvalue weighted by Crippen LogP contribution is -2.26. The van der Waals surface area contributed by atoms with Crippen LogP contribution in [0.15, 0.2) is 54.7 Å². The second kappa shape index (κ2) is 6.64. The summed E-state index contributed by atoms with van der Waals surface area (Å²) in [5.41, 5.74) is 6.36. The van der Waals surface area contributed by atoms with Gasteiger partial charge in [0.15, 0.2) is 0 Å². The lowest BCUT2D eigenvalue weighted by Gasteiger charge is -2.08. The van der Waals surface area contributed by atoms with Crippen molar-refractivity contribution in [1.29, 1.82) is 0 Å². The Labute approximate surface area is 152 Å². The van der Waals surface area contributed by atoms with Crippen LogP contribution in [0.4, 0.5) is 0 Å². The number of carbonyl (C=O) groups is 1. The standard InChI is InChI=1S/C22H21N3O/c1-14-6-3-7-18-16(15(2)25-21(14)18)11-13-24-22(26)19-8-4-10-20-17(19)9-5-12-23-20/h3-10,12,25H,11,13H2,1-2H3,(H,24,26). The van der Waals surface area contributed by atoms with Crippen molar-refractivity contribution in [2.75, 3.05) is 6.54 Å². The molecule has 2 N–H and O–H groups in total. The Kier molecular flexibility index (Phi) is 4.17. The maximum Gasteiger partial charge on any atom is 0.251 e. The molecule has 2 aromatic carbocycles. The molecule has 0 aliphatic heterocycles. The number of aromatic nitrogens is 2. The van der Waals surface area contributed by atoms with Gasteiger partial charge in [-0.3, -0.25) is 9.78 Å². The number of hydrogen-bond acceptors (Lipinski definition) is 2. The van der Waals surface area contributed by atoms with Crippen LogP contribution in [0.3, 0.4) is 0 Å². The van der Waals surface area contributed by atoms with Crippen LogP contribution < -0.4 is 5.32 Å². The van der Waals surface area contributed by atoms with E-state index in [0.29, 0.717) is 12.1 Å². The van der Waals surface area contributed by atoms with Crippen LogP contribution in [0.25, 0.3) is 21.8 Å². The lowest BCUT2D eigenvalue weighted by atomic mass is 10.1. The highest BCUT2D eigenvalue weighted by Gasteiger charge is 2.12. The third kappa shape index (κ3) is 2.84. The molecule has 0 aliphatic carbocycles. The molecule has 0 atom stereocenters. The molecule has 0 saturated carbocycles. The molecule has 4 rings (SSSR count). The number of nitrogens with zero attached hydrogens (tertiary/aromatic N) is 1. The Bertz CT molecular complexity index is 1110. The van der Waals surface area contributed by atoms with E-state index in [-0.39, 0.29) is 5.91 Å². The van der Waals surface area contributed by atoms with E-state index in [4.69, 9.17) is 0 Å². The van der Waals surface area contributed by atoms with Crippen LogP contribution >= 0.6 is 0 Å². The lowest BCUT2D eigenvalue weighted by molar-refractivity contribution is 0.0956. The normalized spacial score (nSPS) is 11.2. The van der Waals surface area contributed by atoms with Crippen molar-refractivity contribution < 1.29 is 4.79 Å². The molecule has 0 aliphatic rings. The van der Waals surface area contributed by atoms with Crippen molar-refractivity contribution >= 4 is 27.7 Å². The molecule has 0 radical (unpaired) electrons. The van der Waals surface area contributed by atoms with Crippen LogP contribution in [0, 0.1) is 13.8 Å². The Morgan fingerprint density at radius 3 is 2.73 bits per heavy atom. The van der Waals surface area contributed by atoms with Crippen LogP contribution in [0.5, 0.6) is 0 Å². The van der Waals surface area contributed by atoms with Crippen molar-refractivity contribution in [3.63, 3.8) is 0 Å². The summed E-state index contributed by atoms with van der Waals surface area (Å²) in [6, 6.07) is 15.8. The molecule has 4 aromatic rings. The molecule has 4 heteroatoms. The number of H-pyrrole nitrogens is 1. The molecule has 26 heavy (non-hydrogen) atoms. The van der Waals surface area contributed by atoms with Crippen molar-refractivity contribution in [3.8, 4) is 0 Å². The number of aromatic amines is 1.